The molecule has 4 heteroatoms. The minimum atomic E-state index is 0.568. The molecule has 2 unspecified atom stereocenters. The fraction of sp³-hybridized carbons (Fsp3) is 0.533. The topological polar surface area (TPSA) is 48.1 Å². The van der Waals surface area contributed by atoms with Gasteiger partial charge in [0.05, 0.1) is 21.8 Å². The van der Waals surface area contributed by atoms with Crippen molar-refractivity contribution in [3.63, 3.8) is 0 Å². The molecule has 2 atom stereocenters. The number of ether oxygens (including phenoxy) is 1. The highest BCUT2D eigenvalue weighted by molar-refractivity contribution is 7.18. The Morgan fingerprint density at radius 3 is 3.11 bits per heavy atom. The lowest BCUT2D eigenvalue weighted by Gasteiger charge is -2.14. The van der Waals surface area contributed by atoms with Gasteiger partial charge in [0.1, 0.15) is 5.75 Å². The third-order valence-corrected chi connectivity index (χ3v) is 5.12. The molecular weight excluding hydrogens is 256 g/mol. The Hall–Kier alpha value is -1.13. The SMILES string of the molecule is CCOc1ccc2nc(C3CCCC3CN)sc2c1. The van der Waals surface area contributed by atoms with Crippen molar-refractivity contribution in [3.05, 3.63) is 23.2 Å². The number of nitrogens with zero attached hydrogens (tertiary/aromatic N) is 1. The highest BCUT2D eigenvalue weighted by Gasteiger charge is 2.29. The highest BCUT2D eigenvalue weighted by atomic mass is 32.1. The number of thiazole rings is 1. The van der Waals surface area contributed by atoms with Crippen LogP contribution in [0.5, 0.6) is 5.75 Å². The van der Waals surface area contributed by atoms with Gasteiger partial charge < -0.3 is 10.5 Å². The summed E-state index contributed by atoms with van der Waals surface area (Å²) in [5, 5.41) is 1.26. The predicted molar refractivity (Wildman–Crippen MR) is 79.9 cm³/mol. The summed E-state index contributed by atoms with van der Waals surface area (Å²) < 4.78 is 6.78. The first kappa shape index (κ1) is 12.9. The van der Waals surface area contributed by atoms with Crippen molar-refractivity contribution in [1.82, 2.24) is 4.98 Å². The van der Waals surface area contributed by atoms with Crippen LogP contribution in [0.3, 0.4) is 0 Å². The number of hydrogen-bond acceptors (Lipinski definition) is 4. The Bertz CT molecular complexity index is 566. The van der Waals surface area contributed by atoms with E-state index in [0.717, 1.165) is 17.8 Å². The fourth-order valence-corrected chi connectivity index (χ4v) is 4.21. The second-order valence-electron chi connectivity index (χ2n) is 5.15. The molecule has 0 amide bonds. The number of nitrogens with two attached hydrogens (primary N) is 1. The normalized spacial score (nSPS) is 23.1. The average Bonchev–Trinajstić information content (AvgIpc) is 3.04. The monoisotopic (exact) mass is 276 g/mol. The molecule has 1 heterocycles. The van der Waals surface area contributed by atoms with Gasteiger partial charge in [-0.3, -0.25) is 0 Å². The van der Waals surface area contributed by atoms with Crippen LogP contribution in [0.25, 0.3) is 10.2 Å². The Morgan fingerprint density at radius 1 is 1.42 bits per heavy atom. The molecule has 1 saturated carbocycles. The first-order valence-corrected chi connectivity index (χ1v) is 7.86. The van der Waals surface area contributed by atoms with Gasteiger partial charge >= 0.3 is 0 Å². The molecule has 1 aromatic heterocycles. The summed E-state index contributed by atoms with van der Waals surface area (Å²) in [4.78, 5) is 4.80. The number of rotatable bonds is 4. The van der Waals surface area contributed by atoms with Crippen molar-refractivity contribution in [1.29, 1.82) is 0 Å². The van der Waals surface area contributed by atoms with Crippen molar-refractivity contribution in [3.8, 4) is 5.75 Å². The summed E-state index contributed by atoms with van der Waals surface area (Å²) in [6.45, 7) is 3.49. The zero-order valence-electron chi connectivity index (χ0n) is 11.3. The molecule has 102 valence electrons. The summed E-state index contributed by atoms with van der Waals surface area (Å²) in [7, 11) is 0. The second kappa shape index (κ2) is 5.47. The Morgan fingerprint density at radius 2 is 2.32 bits per heavy atom. The molecule has 1 fully saturated rings. The fourth-order valence-electron chi connectivity index (χ4n) is 2.98. The van der Waals surface area contributed by atoms with E-state index in [1.165, 1.54) is 29.0 Å². The lowest BCUT2D eigenvalue weighted by Crippen LogP contribution is -2.16. The van der Waals surface area contributed by atoms with Gasteiger partial charge in [-0.2, -0.15) is 0 Å². The lowest BCUT2D eigenvalue weighted by atomic mass is 9.97. The minimum Gasteiger partial charge on any atom is -0.494 e. The van der Waals surface area contributed by atoms with Crippen molar-refractivity contribution in [2.45, 2.75) is 32.1 Å². The highest BCUT2D eigenvalue weighted by Crippen LogP contribution is 2.42. The van der Waals surface area contributed by atoms with Crippen molar-refractivity contribution >= 4 is 21.6 Å². The Labute approximate surface area is 117 Å². The standard InChI is InChI=1S/C15H20N2OS/c1-2-18-11-6-7-13-14(8-11)19-15(17-13)12-5-3-4-10(12)9-16/h6-8,10,12H,2-5,9,16H2,1H3. The second-order valence-corrected chi connectivity index (χ2v) is 6.21. The van der Waals surface area contributed by atoms with Crippen LogP contribution in [0.4, 0.5) is 0 Å². The van der Waals surface area contributed by atoms with E-state index >= 15 is 0 Å². The third kappa shape index (κ3) is 2.47. The maximum Gasteiger partial charge on any atom is 0.120 e. The van der Waals surface area contributed by atoms with Crippen molar-refractivity contribution in [2.75, 3.05) is 13.2 Å². The van der Waals surface area contributed by atoms with Crippen LogP contribution in [0, 0.1) is 5.92 Å². The summed E-state index contributed by atoms with van der Waals surface area (Å²) >= 11 is 1.81. The van der Waals surface area contributed by atoms with Crippen LogP contribution in [0.15, 0.2) is 18.2 Å². The van der Waals surface area contributed by atoms with Crippen molar-refractivity contribution in [2.24, 2.45) is 11.7 Å². The van der Waals surface area contributed by atoms with Crippen molar-refractivity contribution < 1.29 is 4.74 Å². The van der Waals surface area contributed by atoms with Gasteiger partial charge in [-0.25, -0.2) is 4.98 Å². The van der Waals surface area contributed by atoms with Crippen LogP contribution < -0.4 is 10.5 Å². The molecule has 3 nitrogen and oxygen atoms in total. The summed E-state index contributed by atoms with van der Waals surface area (Å²) in [5.74, 6) is 2.12. The first-order chi connectivity index (χ1) is 9.31. The van der Waals surface area contributed by atoms with Gasteiger partial charge in [-0.1, -0.05) is 6.42 Å². The van der Waals surface area contributed by atoms with Gasteiger partial charge in [0.2, 0.25) is 0 Å². The van der Waals surface area contributed by atoms with Gasteiger partial charge in [0.15, 0.2) is 0 Å². The van der Waals surface area contributed by atoms with E-state index in [9.17, 15) is 0 Å². The van der Waals surface area contributed by atoms with Crippen LogP contribution in [-0.4, -0.2) is 18.1 Å². The van der Waals surface area contributed by atoms with Crippen LogP contribution >= 0.6 is 11.3 Å². The number of aromatic nitrogens is 1. The molecule has 1 aliphatic rings. The third-order valence-electron chi connectivity index (χ3n) is 3.97. The van der Waals surface area contributed by atoms with Gasteiger partial charge in [-0.15, -0.1) is 11.3 Å². The van der Waals surface area contributed by atoms with Gasteiger partial charge in [0.25, 0.3) is 0 Å². The molecule has 0 radical (unpaired) electrons. The average molecular weight is 276 g/mol. The molecule has 0 bridgehead atoms. The van der Waals surface area contributed by atoms with Crippen LogP contribution in [0.2, 0.25) is 0 Å². The molecule has 0 aliphatic heterocycles. The number of fused-ring (bicyclic) bond motifs is 1. The van der Waals surface area contributed by atoms with Gasteiger partial charge in [-0.05, 0) is 50.4 Å². The van der Waals surface area contributed by atoms with Crippen LogP contribution in [-0.2, 0) is 0 Å². The first-order valence-electron chi connectivity index (χ1n) is 7.05. The predicted octanol–water partition coefficient (Wildman–Crippen LogP) is 3.54. The van der Waals surface area contributed by atoms with E-state index < -0.39 is 0 Å². The lowest BCUT2D eigenvalue weighted by molar-refractivity contribution is 0.341. The molecule has 0 saturated heterocycles. The van der Waals surface area contributed by atoms with E-state index in [1.54, 1.807) is 0 Å². The molecule has 2 N–H and O–H groups in total. The molecule has 1 aliphatic carbocycles. The minimum absolute atomic E-state index is 0.568. The molecule has 0 spiro atoms. The Kier molecular flexibility index (Phi) is 3.71. The van der Waals surface area contributed by atoms with E-state index in [0.29, 0.717) is 18.4 Å². The van der Waals surface area contributed by atoms with E-state index in [-0.39, 0.29) is 0 Å². The maximum atomic E-state index is 5.88. The van der Waals surface area contributed by atoms with Gasteiger partial charge in [0, 0.05) is 5.92 Å². The maximum absolute atomic E-state index is 5.88. The Balaban J connectivity index is 1.92. The van der Waals surface area contributed by atoms with Crippen LogP contribution in [0.1, 0.15) is 37.1 Å². The molecule has 3 rings (SSSR count). The quantitative estimate of drug-likeness (QED) is 0.929. The van der Waals surface area contributed by atoms with E-state index in [1.807, 2.05) is 24.3 Å². The smallest absolute Gasteiger partial charge is 0.120 e. The van der Waals surface area contributed by atoms with E-state index in [4.69, 9.17) is 15.5 Å². The van der Waals surface area contributed by atoms with E-state index in [2.05, 4.69) is 12.1 Å². The molecule has 2 aromatic rings. The largest absolute Gasteiger partial charge is 0.494 e. The molecular formula is C15H20N2OS. The zero-order chi connectivity index (χ0) is 13.2. The molecule has 19 heavy (non-hydrogen) atoms. The summed E-state index contributed by atoms with van der Waals surface area (Å²) in [5.41, 5.74) is 6.97. The summed E-state index contributed by atoms with van der Waals surface area (Å²) in [6, 6.07) is 6.17. The molecule has 1 aromatic carbocycles. The number of hydrogen-bond donors (Lipinski definition) is 1. The zero-order valence-corrected chi connectivity index (χ0v) is 12.1. The number of benzene rings is 1. The summed E-state index contributed by atoms with van der Waals surface area (Å²) in [6.07, 6.45) is 3.77.